The predicted octanol–water partition coefficient (Wildman–Crippen LogP) is 3.30. The van der Waals surface area contributed by atoms with Crippen molar-refractivity contribution in [1.82, 2.24) is 0 Å². The third-order valence-corrected chi connectivity index (χ3v) is 3.39. The van der Waals surface area contributed by atoms with Crippen LogP contribution in [0.15, 0.2) is 40.9 Å². The van der Waals surface area contributed by atoms with Crippen LogP contribution in [0.5, 0.6) is 11.5 Å². The monoisotopic (exact) mass is 350 g/mol. The van der Waals surface area contributed by atoms with Gasteiger partial charge < -0.3 is 20.5 Å². The number of carbonyl (C=O) groups is 1. The molecule has 0 aliphatic heterocycles. The van der Waals surface area contributed by atoms with Gasteiger partial charge in [0.25, 0.3) is 5.91 Å². The first-order valence-electron chi connectivity index (χ1n) is 6.13. The van der Waals surface area contributed by atoms with Crippen LogP contribution in [0, 0.1) is 0 Å². The van der Waals surface area contributed by atoms with Crippen molar-refractivity contribution in [3.63, 3.8) is 0 Å². The van der Waals surface area contributed by atoms with Gasteiger partial charge in [-0.25, -0.2) is 0 Å². The van der Waals surface area contributed by atoms with Gasteiger partial charge in [-0.3, -0.25) is 4.79 Å². The molecule has 0 spiro atoms. The molecule has 0 aliphatic carbocycles. The number of carbonyl (C=O) groups excluding carboxylic acids is 1. The summed E-state index contributed by atoms with van der Waals surface area (Å²) in [6.07, 6.45) is 0. The van der Waals surface area contributed by atoms with E-state index >= 15 is 0 Å². The molecule has 0 atom stereocenters. The lowest BCUT2D eigenvalue weighted by Gasteiger charge is -2.11. The molecule has 3 N–H and O–H groups in total. The summed E-state index contributed by atoms with van der Waals surface area (Å²) in [5, 5.41) is 2.78. The Kier molecular flexibility index (Phi) is 4.70. The molecular weight excluding hydrogens is 336 g/mol. The molecule has 6 heteroatoms. The van der Waals surface area contributed by atoms with Gasteiger partial charge in [0.2, 0.25) is 0 Å². The molecular formula is C15H15BrN2O3. The maximum atomic E-state index is 12.3. The number of anilines is 2. The van der Waals surface area contributed by atoms with Crippen LogP contribution < -0.4 is 20.5 Å². The molecule has 0 bridgehead atoms. The zero-order chi connectivity index (χ0) is 15.4. The Morgan fingerprint density at radius 3 is 2.48 bits per heavy atom. The van der Waals surface area contributed by atoms with Crippen molar-refractivity contribution in [2.24, 2.45) is 0 Å². The topological polar surface area (TPSA) is 73.6 Å². The molecule has 0 unspecified atom stereocenters. The van der Waals surface area contributed by atoms with Gasteiger partial charge in [0.1, 0.15) is 11.5 Å². The van der Waals surface area contributed by atoms with Crippen molar-refractivity contribution < 1.29 is 14.3 Å². The normalized spacial score (nSPS) is 10.0. The van der Waals surface area contributed by atoms with E-state index in [1.54, 1.807) is 36.4 Å². The molecule has 21 heavy (non-hydrogen) atoms. The second-order valence-electron chi connectivity index (χ2n) is 4.26. The largest absolute Gasteiger partial charge is 0.496 e. The number of halogens is 1. The molecule has 0 saturated carbocycles. The quantitative estimate of drug-likeness (QED) is 0.829. The van der Waals surface area contributed by atoms with Gasteiger partial charge in [-0.2, -0.15) is 0 Å². The number of nitrogens with two attached hydrogens (primary N) is 1. The molecule has 0 fully saturated rings. The number of amides is 1. The van der Waals surface area contributed by atoms with Crippen LogP contribution in [0.4, 0.5) is 11.4 Å². The van der Waals surface area contributed by atoms with E-state index in [9.17, 15) is 4.79 Å². The summed E-state index contributed by atoms with van der Waals surface area (Å²) < 4.78 is 11.2. The van der Waals surface area contributed by atoms with Crippen molar-refractivity contribution in [3.05, 3.63) is 46.4 Å². The molecule has 2 aromatic rings. The molecule has 110 valence electrons. The predicted molar refractivity (Wildman–Crippen MR) is 86.1 cm³/mol. The minimum absolute atomic E-state index is 0.272. The molecule has 1 amide bonds. The first-order valence-corrected chi connectivity index (χ1v) is 6.93. The maximum absolute atomic E-state index is 12.3. The summed E-state index contributed by atoms with van der Waals surface area (Å²) in [5.74, 6) is 0.728. The fourth-order valence-corrected chi connectivity index (χ4v) is 2.18. The highest BCUT2D eigenvalue weighted by Crippen LogP contribution is 2.27. The van der Waals surface area contributed by atoms with E-state index in [-0.39, 0.29) is 5.91 Å². The highest BCUT2D eigenvalue weighted by Gasteiger charge is 2.13. The van der Waals surface area contributed by atoms with E-state index in [1.807, 2.05) is 0 Å². The van der Waals surface area contributed by atoms with Crippen molar-refractivity contribution in [2.75, 3.05) is 25.3 Å². The second kappa shape index (κ2) is 6.49. The Bertz CT molecular complexity index is 674. The number of methoxy groups -OCH3 is 2. The number of hydrogen-bond donors (Lipinski definition) is 2. The van der Waals surface area contributed by atoms with E-state index < -0.39 is 0 Å². The third kappa shape index (κ3) is 3.46. The van der Waals surface area contributed by atoms with Gasteiger partial charge >= 0.3 is 0 Å². The third-order valence-electron chi connectivity index (χ3n) is 2.90. The van der Waals surface area contributed by atoms with Crippen LogP contribution in [-0.2, 0) is 0 Å². The van der Waals surface area contributed by atoms with Crippen LogP contribution >= 0.6 is 15.9 Å². The van der Waals surface area contributed by atoms with Gasteiger partial charge in [0.05, 0.1) is 25.5 Å². The highest BCUT2D eigenvalue weighted by atomic mass is 79.9. The average molecular weight is 351 g/mol. The Morgan fingerprint density at radius 2 is 1.81 bits per heavy atom. The summed E-state index contributed by atoms with van der Waals surface area (Å²) >= 11 is 3.34. The molecule has 0 saturated heterocycles. The second-order valence-corrected chi connectivity index (χ2v) is 5.17. The molecule has 0 radical (unpaired) electrons. The van der Waals surface area contributed by atoms with E-state index in [2.05, 4.69) is 21.2 Å². The van der Waals surface area contributed by atoms with E-state index in [0.29, 0.717) is 28.4 Å². The number of benzene rings is 2. The van der Waals surface area contributed by atoms with Crippen LogP contribution in [0.2, 0.25) is 0 Å². The van der Waals surface area contributed by atoms with Crippen molar-refractivity contribution in [3.8, 4) is 11.5 Å². The summed E-state index contributed by atoms with van der Waals surface area (Å²) in [6.45, 7) is 0. The Morgan fingerprint density at radius 1 is 1.10 bits per heavy atom. The SMILES string of the molecule is COc1cc(NC(=O)c2ccc(Br)cc2OC)ccc1N. The molecule has 0 heterocycles. The van der Waals surface area contributed by atoms with Crippen molar-refractivity contribution in [2.45, 2.75) is 0 Å². The Hall–Kier alpha value is -2.21. The zero-order valence-corrected chi connectivity index (χ0v) is 13.2. The first kappa shape index (κ1) is 15.2. The van der Waals surface area contributed by atoms with Crippen LogP contribution in [0.3, 0.4) is 0 Å². The summed E-state index contributed by atoms with van der Waals surface area (Å²) in [5.41, 5.74) is 7.29. The number of hydrogen-bond acceptors (Lipinski definition) is 4. The summed E-state index contributed by atoms with van der Waals surface area (Å²) in [7, 11) is 3.04. The number of ether oxygens (including phenoxy) is 2. The standard InChI is InChI=1S/C15H15BrN2O3/c1-20-13-7-9(16)3-5-11(13)15(19)18-10-4-6-12(17)14(8-10)21-2/h3-8H,17H2,1-2H3,(H,18,19). The van der Waals surface area contributed by atoms with Gasteiger partial charge in [-0.15, -0.1) is 0 Å². The lowest BCUT2D eigenvalue weighted by atomic mass is 10.1. The van der Waals surface area contributed by atoms with Crippen LogP contribution in [-0.4, -0.2) is 20.1 Å². The number of nitrogens with one attached hydrogen (secondary N) is 1. The minimum atomic E-state index is -0.272. The lowest BCUT2D eigenvalue weighted by Crippen LogP contribution is -2.13. The Balaban J connectivity index is 2.26. The summed E-state index contributed by atoms with van der Waals surface area (Å²) in [6, 6.07) is 10.2. The average Bonchev–Trinajstić information content (AvgIpc) is 2.48. The minimum Gasteiger partial charge on any atom is -0.496 e. The summed E-state index contributed by atoms with van der Waals surface area (Å²) in [4.78, 5) is 12.3. The number of rotatable bonds is 4. The van der Waals surface area contributed by atoms with E-state index in [0.717, 1.165) is 4.47 Å². The smallest absolute Gasteiger partial charge is 0.259 e. The lowest BCUT2D eigenvalue weighted by molar-refractivity contribution is 0.102. The fraction of sp³-hybridized carbons (Fsp3) is 0.133. The van der Waals surface area contributed by atoms with E-state index in [4.69, 9.17) is 15.2 Å². The van der Waals surface area contributed by atoms with Crippen LogP contribution in [0.25, 0.3) is 0 Å². The molecule has 2 rings (SSSR count). The molecule has 5 nitrogen and oxygen atoms in total. The molecule has 2 aromatic carbocycles. The molecule has 0 aliphatic rings. The number of nitrogen functional groups attached to an aromatic ring is 1. The van der Waals surface area contributed by atoms with Gasteiger partial charge in [-0.1, -0.05) is 15.9 Å². The van der Waals surface area contributed by atoms with Crippen molar-refractivity contribution >= 4 is 33.2 Å². The van der Waals surface area contributed by atoms with Crippen molar-refractivity contribution in [1.29, 1.82) is 0 Å². The van der Waals surface area contributed by atoms with Crippen LogP contribution in [0.1, 0.15) is 10.4 Å². The molecule has 0 aromatic heterocycles. The fourth-order valence-electron chi connectivity index (χ4n) is 1.84. The Labute approximate surface area is 131 Å². The maximum Gasteiger partial charge on any atom is 0.259 e. The van der Waals surface area contributed by atoms with Gasteiger partial charge in [-0.05, 0) is 30.3 Å². The van der Waals surface area contributed by atoms with Gasteiger partial charge in [0, 0.05) is 16.2 Å². The van der Waals surface area contributed by atoms with Gasteiger partial charge in [0.15, 0.2) is 0 Å². The first-order chi connectivity index (χ1) is 10.0. The zero-order valence-electron chi connectivity index (χ0n) is 11.6. The van der Waals surface area contributed by atoms with E-state index in [1.165, 1.54) is 14.2 Å². The highest BCUT2D eigenvalue weighted by molar-refractivity contribution is 9.10.